The van der Waals surface area contributed by atoms with E-state index in [0.717, 1.165) is 23.5 Å². The van der Waals surface area contributed by atoms with Gasteiger partial charge in [-0.05, 0) is 60.7 Å². The summed E-state index contributed by atoms with van der Waals surface area (Å²) in [6, 6.07) is 17.2. The minimum atomic E-state index is -3.94. The van der Waals surface area contributed by atoms with Gasteiger partial charge in [-0.2, -0.15) is 0 Å². The zero-order valence-electron chi connectivity index (χ0n) is 21.7. The maximum atomic E-state index is 14.3. The van der Waals surface area contributed by atoms with E-state index in [1.54, 1.807) is 24.3 Å². The largest absolute Gasteiger partial charge is 0.336 e. The van der Waals surface area contributed by atoms with E-state index in [4.69, 9.17) is 0 Å². The molecule has 0 amide bonds. The molecule has 0 aliphatic heterocycles. The Morgan fingerprint density at radius 2 is 1.71 bits per heavy atom. The van der Waals surface area contributed by atoms with E-state index in [1.165, 1.54) is 47.0 Å². The lowest BCUT2D eigenvalue weighted by Crippen LogP contribution is -2.40. The Morgan fingerprint density at radius 3 is 2.41 bits per heavy atom. The van der Waals surface area contributed by atoms with Gasteiger partial charge in [0.15, 0.2) is 5.65 Å². The minimum absolute atomic E-state index is 0.00980. The fraction of sp³-hybridized carbons (Fsp3) is 0.207. The van der Waals surface area contributed by atoms with Crippen molar-refractivity contribution in [3.8, 4) is 0 Å². The van der Waals surface area contributed by atoms with Crippen molar-refractivity contribution in [1.29, 1.82) is 0 Å². The topological polar surface area (TPSA) is 119 Å². The van der Waals surface area contributed by atoms with E-state index in [2.05, 4.69) is 14.7 Å². The van der Waals surface area contributed by atoms with Gasteiger partial charge in [-0.3, -0.25) is 18.7 Å². The first-order chi connectivity index (χ1) is 19.7. The van der Waals surface area contributed by atoms with E-state index < -0.39 is 32.9 Å². The molecule has 0 atom stereocenters. The van der Waals surface area contributed by atoms with Crippen LogP contribution in [0.1, 0.15) is 29.8 Å². The van der Waals surface area contributed by atoms with Crippen molar-refractivity contribution in [2.75, 3.05) is 4.72 Å². The lowest BCUT2D eigenvalue weighted by atomic mass is 10.1. The van der Waals surface area contributed by atoms with Crippen molar-refractivity contribution in [3.63, 3.8) is 0 Å². The molecule has 0 radical (unpaired) electrons. The molecule has 0 spiro atoms. The summed E-state index contributed by atoms with van der Waals surface area (Å²) in [5.74, 6) is -0.341. The average Bonchev–Trinajstić information content (AvgIpc) is 3.67. The van der Waals surface area contributed by atoms with E-state index >= 15 is 0 Å². The van der Waals surface area contributed by atoms with Crippen molar-refractivity contribution in [2.45, 2.75) is 37.2 Å². The second-order valence-electron chi connectivity index (χ2n) is 10.1. The molecule has 3 aromatic carbocycles. The monoisotopic (exact) mass is 577 g/mol. The first-order valence-corrected chi connectivity index (χ1v) is 14.5. The molecule has 2 heterocycles. The third-order valence-electron chi connectivity index (χ3n) is 7.02. The zero-order chi connectivity index (χ0) is 28.7. The Bertz CT molecular complexity index is 1990. The Hall–Kier alpha value is -4.58. The summed E-state index contributed by atoms with van der Waals surface area (Å²) in [5, 5.41) is 0. The molecule has 1 aliphatic carbocycles. The summed E-state index contributed by atoms with van der Waals surface area (Å²) >= 11 is 0. The first kappa shape index (κ1) is 26.6. The van der Waals surface area contributed by atoms with Crippen LogP contribution in [0.5, 0.6) is 0 Å². The summed E-state index contributed by atoms with van der Waals surface area (Å²) in [6.45, 7) is 0.195. The second-order valence-corrected chi connectivity index (χ2v) is 11.8. The molecule has 0 saturated heterocycles. The molecule has 1 aliphatic rings. The van der Waals surface area contributed by atoms with Gasteiger partial charge in [0.05, 0.1) is 17.1 Å². The summed E-state index contributed by atoms with van der Waals surface area (Å²) in [5.41, 5.74) is 0.289. The number of imidazole rings is 1. The van der Waals surface area contributed by atoms with Crippen LogP contribution in [0.3, 0.4) is 0 Å². The van der Waals surface area contributed by atoms with Crippen LogP contribution in [0.15, 0.2) is 87.3 Å². The molecule has 5 aromatic rings. The predicted octanol–water partition coefficient (Wildman–Crippen LogP) is 4.01. The predicted molar refractivity (Wildman–Crippen MR) is 149 cm³/mol. The van der Waals surface area contributed by atoms with Crippen LogP contribution in [-0.4, -0.2) is 27.5 Å². The number of benzene rings is 3. The van der Waals surface area contributed by atoms with Crippen LogP contribution in [0.4, 0.5) is 14.5 Å². The van der Waals surface area contributed by atoms with Crippen LogP contribution >= 0.6 is 0 Å². The minimum Gasteiger partial charge on any atom is -0.336 e. The van der Waals surface area contributed by atoms with E-state index in [0.29, 0.717) is 23.9 Å². The van der Waals surface area contributed by atoms with E-state index in [1.807, 2.05) is 0 Å². The van der Waals surface area contributed by atoms with Crippen molar-refractivity contribution < 1.29 is 17.2 Å². The van der Waals surface area contributed by atoms with Gasteiger partial charge in [0, 0.05) is 18.5 Å². The van der Waals surface area contributed by atoms with Gasteiger partial charge in [0.2, 0.25) is 0 Å². The van der Waals surface area contributed by atoms with Crippen LogP contribution in [0, 0.1) is 17.6 Å². The molecule has 2 N–H and O–H groups in total. The number of fused-ring (bicyclic) bond motifs is 1. The number of anilines is 1. The Labute approximate surface area is 233 Å². The molecule has 6 rings (SSSR count). The smallest absolute Gasteiger partial charge is 0.333 e. The van der Waals surface area contributed by atoms with E-state index in [9.17, 15) is 26.8 Å². The first-order valence-electron chi connectivity index (χ1n) is 13.0. The third kappa shape index (κ3) is 5.55. The number of nitrogens with one attached hydrogen (secondary N) is 2. The molecular weight excluding hydrogens is 552 g/mol. The van der Waals surface area contributed by atoms with Crippen molar-refractivity contribution in [1.82, 2.24) is 19.1 Å². The number of halogens is 2. The Morgan fingerprint density at radius 1 is 0.951 bits per heavy atom. The van der Waals surface area contributed by atoms with Crippen molar-refractivity contribution in [2.24, 2.45) is 5.92 Å². The number of nitrogens with zero attached hydrogens (tertiary/aromatic N) is 3. The number of hydrogen-bond donors (Lipinski definition) is 2. The fourth-order valence-electron chi connectivity index (χ4n) is 4.70. The molecule has 9 nitrogen and oxygen atoms in total. The van der Waals surface area contributed by atoms with Crippen molar-refractivity contribution in [3.05, 3.63) is 122 Å². The summed E-state index contributed by atoms with van der Waals surface area (Å²) in [7, 11) is -3.94. The molecule has 1 saturated carbocycles. The molecule has 2 aromatic heterocycles. The molecule has 210 valence electrons. The van der Waals surface area contributed by atoms with Crippen LogP contribution in [0.2, 0.25) is 0 Å². The highest BCUT2D eigenvalue weighted by Gasteiger charge is 2.26. The average molecular weight is 578 g/mol. The molecule has 0 unspecified atom stereocenters. The highest BCUT2D eigenvalue weighted by Crippen LogP contribution is 2.30. The maximum absolute atomic E-state index is 14.3. The van der Waals surface area contributed by atoms with Gasteiger partial charge in [0.25, 0.3) is 15.6 Å². The molecule has 1 fully saturated rings. The SMILES string of the molecule is O=c1c2[nH]c(Cc3ccc(S(=O)(=O)Nc4cccc(F)c4)cc3)nc2n(CC2CC2)c(=O)n1Cc1ccccc1F. The quantitative estimate of drug-likeness (QED) is 0.274. The number of H-pyrrole nitrogens is 1. The Kier molecular flexibility index (Phi) is 6.78. The fourth-order valence-corrected chi connectivity index (χ4v) is 5.75. The van der Waals surface area contributed by atoms with Crippen LogP contribution in [-0.2, 0) is 29.5 Å². The number of sulfonamides is 1. The van der Waals surface area contributed by atoms with Crippen molar-refractivity contribution >= 4 is 26.9 Å². The maximum Gasteiger partial charge on any atom is 0.333 e. The molecule has 41 heavy (non-hydrogen) atoms. The zero-order valence-corrected chi connectivity index (χ0v) is 22.5. The second kappa shape index (κ2) is 10.4. The highest BCUT2D eigenvalue weighted by atomic mass is 32.2. The molecule has 12 heteroatoms. The molecule has 0 bridgehead atoms. The lowest BCUT2D eigenvalue weighted by Gasteiger charge is -2.11. The van der Waals surface area contributed by atoms with Gasteiger partial charge >= 0.3 is 5.69 Å². The summed E-state index contributed by atoms with van der Waals surface area (Å²) in [4.78, 5) is 34.4. The van der Waals surface area contributed by atoms with Crippen LogP contribution in [0.25, 0.3) is 11.2 Å². The van der Waals surface area contributed by atoms with Gasteiger partial charge in [-0.15, -0.1) is 0 Å². The summed E-state index contributed by atoms with van der Waals surface area (Å²) in [6.07, 6.45) is 2.18. The Balaban J connectivity index is 1.30. The van der Waals surface area contributed by atoms with Gasteiger partial charge in [0.1, 0.15) is 23.0 Å². The highest BCUT2D eigenvalue weighted by molar-refractivity contribution is 7.92. The van der Waals surface area contributed by atoms with E-state index in [-0.39, 0.29) is 40.3 Å². The summed E-state index contributed by atoms with van der Waals surface area (Å²) < 4.78 is 58.1. The number of aromatic nitrogens is 4. The number of rotatable bonds is 9. The molecular formula is C29H25F2N5O4S. The van der Waals surface area contributed by atoms with Gasteiger partial charge < -0.3 is 4.98 Å². The number of aromatic amines is 1. The van der Waals surface area contributed by atoms with Gasteiger partial charge in [-0.1, -0.05) is 36.4 Å². The van der Waals surface area contributed by atoms with Gasteiger partial charge in [-0.25, -0.2) is 27.0 Å². The van der Waals surface area contributed by atoms with Crippen LogP contribution < -0.4 is 16.0 Å². The lowest BCUT2D eigenvalue weighted by molar-refractivity contribution is 0.548. The standard InChI is InChI=1S/C29H25F2N5O4S/c30-21-5-3-6-22(15-21)34-41(39,40)23-12-10-18(11-13-23)14-25-32-26-27(33-25)35(16-19-8-9-19)29(38)36(28(26)37)17-20-4-1-2-7-24(20)31/h1-7,10-13,15,19,34H,8-9,14,16-17H2,(H,32,33). The normalized spacial score (nSPS) is 13.5. The third-order valence-corrected chi connectivity index (χ3v) is 8.41. The number of hydrogen-bond acceptors (Lipinski definition) is 5.